The Labute approximate surface area is 186 Å². The van der Waals surface area contributed by atoms with E-state index in [0.717, 1.165) is 12.8 Å². The Hall–Kier alpha value is -1.26. The molecule has 5 nitrogen and oxygen atoms in total. The molecule has 0 N–H and O–H groups in total. The molecule has 0 fully saturated rings. The molecule has 0 unspecified atom stereocenters. The van der Waals surface area contributed by atoms with Crippen molar-refractivity contribution < 1.29 is 19.1 Å². The molecule has 0 atom stereocenters. The number of hydrogen-bond acceptors (Lipinski definition) is 4. The van der Waals surface area contributed by atoms with Crippen LogP contribution in [0.15, 0.2) is 0 Å². The monoisotopic (exact) mass is 427 g/mol. The average Bonchev–Trinajstić information content (AvgIpc) is 2.67. The minimum absolute atomic E-state index is 0.203. The molecule has 0 saturated carbocycles. The molecule has 0 bridgehead atoms. The average molecular weight is 428 g/mol. The van der Waals surface area contributed by atoms with Crippen molar-refractivity contribution in [2.45, 2.75) is 130 Å². The van der Waals surface area contributed by atoms with E-state index in [9.17, 15) is 9.59 Å². The number of carbonyl (C=O) groups is 2. The van der Waals surface area contributed by atoms with Crippen LogP contribution in [0.1, 0.15) is 124 Å². The summed E-state index contributed by atoms with van der Waals surface area (Å²) in [4.78, 5) is 25.0. The first kappa shape index (κ1) is 28.7. The highest BCUT2D eigenvalue weighted by Gasteiger charge is 2.20. The summed E-state index contributed by atoms with van der Waals surface area (Å²) in [7, 11) is 1.63. The maximum absolute atomic E-state index is 11.8. The van der Waals surface area contributed by atoms with E-state index in [1.165, 1.54) is 81.9 Å². The van der Waals surface area contributed by atoms with Crippen molar-refractivity contribution in [3.63, 3.8) is 0 Å². The van der Waals surface area contributed by atoms with Crippen molar-refractivity contribution >= 4 is 12.1 Å². The first-order valence-electron chi connectivity index (χ1n) is 12.4. The lowest BCUT2D eigenvalue weighted by Gasteiger charge is -2.24. The number of carbonyl (C=O) groups excluding carboxylic acids is 2. The lowest BCUT2D eigenvalue weighted by molar-refractivity contribution is -0.144. The Balaban J connectivity index is 3.40. The molecule has 178 valence electrons. The molecule has 30 heavy (non-hydrogen) atoms. The summed E-state index contributed by atoms with van der Waals surface area (Å²) in [6.07, 6.45) is 18.1. The van der Waals surface area contributed by atoms with Crippen LogP contribution >= 0.6 is 0 Å². The number of nitrogens with zero attached hydrogens (tertiary/aromatic N) is 1. The third-order valence-corrected chi connectivity index (χ3v) is 5.12. The maximum atomic E-state index is 11.8. The second-order valence-corrected chi connectivity index (χ2v) is 9.47. The van der Waals surface area contributed by atoms with E-state index >= 15 is 0 Å². The highest BCUT2D eigenvalue weighted by molar-refractivity contribution is 5.72. The zero-order valence-electron chi connectivity index (χ0n) is 20.6. The Kier molecular flexibility index (Phi) is 17.7. The molecule has 0 rings (SSSR count). The van der Waals surface area contributed by atoms with Gasteiger partial charge in [0.1, 0.15) is 5.60 Å². The molecular weight excluding hydrogens is 378 g/mol. The van der Waals surface area contributed by atoms with Gasteiger partial charge in [-0.2, -0.15) is 0 Å². The number of hydrogen-bond donors (Lipinski definition) is 0. The van der Waals surface area contributed by atoms with Gasteiger partial charge >= 0.3 is 12.1 Å². The molecule has 0 aromatic carbocycles. The van der Waals surface area contributed by atoms with Crippen molar-refractivity contribution in [3.8, 4) is 0 Å². The van der Waals surface area contributed by atoms with Gasteiger partial charge in [-0.05, 0) is 27.2 Å². The molecule has 5 heteroatoms. The van der Waals surface area contributed by atoms with Gasteiger partial charge in [-0.15, -0.1) is 0 Å². The third-order valence-electron chi connectivity index (χ3n) is 5.12. The minimum atomic E-state index is -0.528. The van der Waals surface area contributed by atoms with Crippen LogP contribution in [-0.4, -0.2) is 42.8 Å². The molecule has 0 aromatic rings. The Morgan fingerprint density at radius 2 is 1.17 bits per heavy atom. The van der Waals surface area contributed by atoms with E-state index < -0.39 is 11.7 Å². The number of esters is 1. The van der Waals surface area contributed by atoms with Gasteiger partial charge in [-0.3, -0.25) is 4.79 Å². The van der Waals surface area contributed by atoms with Crippen molar-refractivity contribution in [1.82, 2.24) is 4.90 Å². The number of amides is 1. The number of ether oxygens (including phenoxy) is 2. The van der Waals surface area contributed by atoms with E-state index in [0.29, 0.717) is 13.2 Å². The zero-order chi connectivity index (χ0) is 22.7. The summed E-state index contributed by atoms with van der Waals surface area (Å²) in [6.45, 7) is 8.53. The van der Waals surface area contributed by atoms with Crippen LogP contribution in [0, 0.1) is 0 Å². The lowest BCUT2D eigenvalue weighted by atomic mass is 10.0. The van der Waals surface area contributed by atoms with Crippen LogP contribution in [0.2, 0.25) is 0 Å². The second kappa shape index (κ2) is 18.5. The van der Waals surface area contributed by atoms with Gasteiger partial charge in [0, 0.05) is 13.6 Å². The fourth-order valence-electron chi connectivity index (χ4n) is 3.24. The largest absolute Gasteiger partial charge is 0.466 e. The molecular formula is C25H49NO4. The van der Waals surface area contributed by atoms with Crippen molar-refractivity contribution in [3.05, 3.63) is 0 Å². The molecule has 0 spiro atoms. The molecule has 0 saturated heterocycles. The molecule has 0 aromatic heterocycles. The molecule has 0 heterocycles. The van der Waals surface area contributed by atoms with Crippen LogP contribution in [-0.2, 0) is 14.3 Å². The van der Waals surface area contributed by atoms with Crippen molar-refractivity contribution in [2.24, 2.45) is 0 Å². The van der Waals surface area contributed by atoms with Crippen LogP contribution in [0.4, 0.5) is 4.79 Å². The fourth-order valence-corrected chi connectivity index (χ4v) is 3.24. The molecule has 0 aliphatic heterocycles. The van der Waals surface area contributed by atoms with Gasteiger partial charge in [0.15, 0.2) is 0 Å². The van der Waals surface area contributed by atoms with Crippen LogP contribution < -0.4 is 0 Å². The van der Waals surface area contributed by atoms with Crippen LogP contribution in [0.3, 0.4) is 0 Å². The second-order valence-electron chi connectivity index (χ2n) is 9.47. The smallest absolute Gasteiger partial charge is 0.410 e. The van der Waals surface area contributed by atoms with Gasteiger partial charge in [-0.25, -0.2) is 4.79 Å². The first-order valence-corrected chi connectivity index (χ1v) is 12.4. The quantitative estimate of drug-likeness (QED) is 0.170. The summed E-state index contributed by atoms with van der Waals surface area (Å²) < 4.78 is 10.5. The standard InChI is InChI=1S/C25H49NO4/c1-6-7-8-9-10-11-12-13-14-15-16-17-18-19-22-29-23(27)20-21-26(5)24(28)30-25(2,3)4/h6-22H2,1-5H3. The number of unbranched alkanes of at least 4 members (excludes halogenated alkanes) is 13. The van der Waals surface area contributed by atoms with Crippen LogP contribution in [0.5, 0.6) is 0 Å². The Bertz CT molecular complexity index is 431. The highest BCUT2D eigenvalue weighted by Crippen LogP contribution is 2.13. The molecule has 0 radical (unpaired) electrons. The summed E-state index contributed by atoms with van der Waals surface area (Å²) >= 11 is 0. The fraction of sp³-hybridized carbons (Fsp3) is 0.920. The normalized spacial score (nSPS) is 11.4. The topological polar surface area (TPSA) is 55.8 Å². The predicted octanol–water partition coefficient (Wildman–Crippen LogP) is 7.27. The van der Waals surface area contributed by atoms with Gasteiger partial charge < -0.3 is 14.4 Å². The number of rotatable bonds is 18. The summed E-state index contributed by atoms with van der Waals surface area (Å²) in [5.74, 6) is -0.250. The van der Waals surface area contributed by atoms with Crippen molar-refractivity contribution in [1.29, 1.82) is 0 Å². The minimum Gasteiger partial charge on any atom is -0.466 e. The summed E-state index contributed by atoms with van der Waals surface area (Å²) in [6, 6.07) is 0. The highest BCUT2D eigenvalue weighted by atomic mass is 16.6. The van der Waals surface area contributed by atoms with Gasteiger partial charge in [0.05, 0.1) is 13.0 Å². The first-order chi connectivity index (χ1) is 14.3. The molecule has 0 aliphatic rings. The maximum Gasteiger partial charge on any atom is 0.410 e. The van der Waals surface area contributed by atoms with Gasteiger partial charge in [0.25, 0.3) is 0 Å². The van der Waals surface area contributed by atoms with E-state index in [-0.39, 0.29) is 12.4 Å². The third kappa shape index (κ3) is 20.0. The van der Waals surface area contributed by atoms with Crippen LogP contribution in [0.25, 0.3) is 0 Å². The SMILES string of the molecule is CCCCCCCCCCCCCCCCOC(=O)CCN(C)C(=O)OC(C)(C)C. The Morgan fingerprint density at radius 3 is 1.60 bits per heavy atom. The van der Waals surface area contributed by atoms with Crippen molar-refractivity contribution in [2.75, 3.05) is 20.2 Å². The van der Waals surface area contributed by atoms with E-state index in [4.69, 9.17) is 9.47 Å². The van der Waals surface area contributed by atoms with E-state index in [1.807, 2.05) is 20.8 Å². The zero-order valence-corrected chi connectivity index (χ0v) is 20.6. The van der Waals surface area contributed by atoms with Gasteiger partial charge in [0.2, 0.25) is 0 Å². The molecule has 1 amide bonds. The Morgan fingerprint density at radius 1 is 0.733 bits per heavy atom. The predicted molar refractivity (Wildman–Crippen MR) is 125 cm³/mol. The van der Waals surface area contributed by atoms with E-state index in [1.54, 1.807) is 7.05 Å². The molecule has 0 aliphatic carbocycles. The van der Waals surface area contributed by atoms with Gasteiger partial charge in [-0.1, -0.05) is 90.4 Å². The summed E-state index contributed by atoms with van der Waals surface area (Å²) in [5.41, 5.74) is -0.528. The summed E-state index contributed by atoms with van der Waals surface area (Å²) in [5, 5.41) is 0. The lowest BCUT2D eigenvalue weighted by Crippen LogP contribution is -2.35. The van der Waals surface area contributed by atoms with E-state index in [2.05, 4.69) is 6.92 Å².